The van der Waals surface area contributed by atoms with E-state index in [0.29, 0.717) is 73.3 Å². The Bertz CT molecular complexity index is 1620. The molecule has 1 fully saturated rings. The van der Waals surface area contributed by atoms with Gasteiger partial charge >= 0.3 is 0 Å². The number of nitrogens with zero attached hydrogens (tertiary/aromatic N) is 3. The lowest BCUT2D eigenvalue weighted by Crippen LogP contribution is -2.38. The zero-order chi connectivity index (χ0) is 28.3. The number of anilines is 1. The lowest BCUT2D eigenvalue weighted by atomic mass is 9.88. The molecule has 5 rings (SSSR count). The van der Waals surface area contributed by atoms with Gasteiger partial charge in [0.25, 0.3) is 15.9 Å². The molecule has 3 N–H and O–H groups in total. The van der Waals surface area contributed by atoms with Crippen LogP contribution in [-0.2, 0) is 27.8 Å². The fourth-order valence-corrected chi connectivity index (χ4v) is 6.32. The van der Waals surface area contributed by atoms with Crippen molar-refractivity contribution in [3.05, 3.63) is 89.6 Å². The van der Waals surface area contributed by atoms with Gasteiger partial charge in [0.2, 0.25) is 0 Å². The third kappa shape index (κ3) is 5.58. The van der Waals surface area contributed by atoms with E-state index in [1.807, 2.05) is 16.7 Å². The largest absolute Gasteiger partial charge is 0.383 e. The van der Waals surface area contributed by atoms with Crippen LogP contribution in [0.1, 0.15) is 40.2 Å². The van der Waals surface area contributed by atoms with Crippen LogP contribution in [0, 0.1) is 5.82 Å². The van der Waals surface area contributed by atoms with E-state index in [9.17, 15) is 17.6 Å². The predicted octanol–water partition coefficient (Wildman–Crippen LogP) is 4.10. The van der Waals surface area contributed by atoms with Crippen LogP contribution in [0.25, 0.3) is 10.9 Å². The highest BCUT2D eigenvalue weighted by molar-refractivity contribution is 7.92. The summed E-state index contributed by atoms with van der Waals surface area (Å²) in [7, 11) is -2.34. The van der Waals surface area contributed by atoms with E-state index in [1.165, 1.54) is 24.5 Å². The Labute approximate surface area is 232 Å². The standard InChI is InChI=1S/C29H32FN5O4S/c1-39-15-14-35-19-24(28-26(5-2-6-27(28)35)33-40(37,38)22-4-3-11-32-18-22)29(36)34-12-9-21(10-13-34)23-16-20(17-31)7-8-25(23)30/h2-8,11,16,18-19,21,33H,9-10,12-15,17,31H2,1H3. The highest BCUT2D eigenvalue weighted by Crippen LogP contribution is 2.34. The number of fused-ring (bicyclic) bond motifs is 1. The summed E-state index contributed by atoms with van der Waals surface area (Å²) < 4.78 is 50.7. The summed E-state index contributed by atoms with van der Waals surface area (Å²) >= 11 is 0. The van der Waals surface area contributed by atoms with Crippen molar-refractivity contribution in [3.63, 3.8) is 0 Å². The first-order valence-electron chi connectivity index (χ1n) is 13.1. The smallest absolute Gasteiger partial charge is 0.263 e. The van der Waals surface area contributed by atoms with Crippen molar-refractivity contribution in [2.24, 2.45) is 5.73 Å². The first kappa shape index (κ1) is 27.8. The van der Waals surface area contributed by atoms with E-state index >= 15 is 0 Å². The van der Waals surface area contributed by atoms with Crippen LogP contribution in [0.2, 0.25) is 0 Å². The lowest BCUT2D eigenvalue weighted by Gasteiger charge is -2.32. The summed E-state index contributed by atoms with van der Waals surface area (Å²) in [5, 5.41) is 0.514. The van der Waals surface area contributed by atoms with Gasteiger partial charge in [-0.3, -0.25) is 14.5 Å². The number of carbonyl (C=O) groups is 1. The number of halogens is 1. The van der Waals surface area contributed by atoms with Gasteiger partial charge in [0, 0.05) is 57.3 Å². The second kappa shape index (κ2) is 11.7. The van der Waals surface area contributed by atoms with Gasteiger partial charge in [-0.15, -0.1) is 0 Å². The van der Waals surface area contributed by atoms with Gasteiger partial charge in [-0.1, -0.05) is 18.2 Å². The molecular formula is C29H32FN5O4S. The van der Waals surface area contributed by atoms with E-state index in [-0.39, 0.29) is 22.5 Å². The Morgan fingerprint density at radius 2 is 1.98 bits per heavy atom. The monoisotopic (exact) mass is 565 g/mol. The van der Waals surface area contributed by atoms with Gasteiger partial charge in [-0.05, 0) is 60.2 Å². The summed E-state index contributed by atoms with van der Waals surface area (Å²) in [4.78, 5) is 19.6. The summed E-state index contributed by atoms with van der Waals surface area (Å²) in [6, 6.07) is 13.2. The number of pyridine rings is 1. The van der Waals surface area contributed by atoms with Gasteiger partial charge in [0.1, 0.15) is 10.7 Å². The second-order valence-electron chi connectivity index (χ2n) is 9.85. The number of ether oxygens (including phenoxy) is 1. The highest BCUT2D eigenvalue weighted by atomic mass is 32.2. The molecule has 0 bridgehead atoms. The Morgan fingerprint density at radius 1 is 1.18 bits per heavy atom. The lowest BCUT2D eigenvalue weighted by molar-refractivity contribution is 0.0714. The normalized spacial score (nSPS) is 14.5. The van der Waals surface area contributed by atoms with E-state index in [0.717, 1.165) is 5.56 Å². The van der Waals surface area contributed by atoms with Gasteiger partial charge < -0.3 is 19.9 Å². The number of rotatable bonds is 9. The van der Waals surface area contributed by atoms with Crippen LogP contribution in [0.15, 0.2) is 72.0 Å². The predicted molar refractivity (Wildman–Crippen MR) is 151 cm³/mol. The summed E-state index contributed by atoms with van der Waals surface area (Å²) in [5.74, 6) is -0.474. The van der Waals surface area contributed by atoms with Crippen molar-refractivity contribution in [2.75, 3.05) is 31.5 Å². The Balaban J connectivity index is 1.45. The van der Waals surface area contributed by atoms with E-state index < -0.39 is 10.0 Å². The minimum absolute atomic E-state index is 0.0135. The van der Waals surface area contributed by atoms with Crippen LogP contribution in [0.5, 0.6) is 0 Å². The molecule has 0 radical (unpaired) electrons. The SMILES string of the molecule is COCCn1cc(C(=O)N2CCC(c3cc(CN)ccc3F)CC2)c2c(NS(=O)(=O)c3cccnc3)cccc21. The molecular weight excluding hydrogens is 533 g/mol. The fraction of sp³-hybridized carbons (Fsp3) is 0.310. The molecule has 0 atom stereocenters. The fourth-order valence-electron chi connectivity index (χ4n) is 5.28. The molecule has 40 heavy (non-hydrogen) atoms. The number of nitrogens with one attached hydrogen (secondary N) is 1. The van der Waals surface area contributed by atoms with Crippen molar-refractivity contribution in [1.82, 2.24) is 14.5 Å². The van der Waals surface area contributed by atoms with Crippen molar-refractivity contribution < 1.29 is 22.3 Å². The molecule has 0 aliphatic carbocycles. The van der Waals surface area contributed by atoms with Crippen LogP contribution in [0.4, 0.5) is 10.1 Å². The van der Waals surface area contributed by atoms with Crippen molar-refractivity contribution in [2.45, 2.75) is 36.7 Å². The third-order valence-corrected chi connectivity index (χ3v) is 8.73. The zero-order valence-electron chi connectivity index (χ0n) is 22.2. The number of sulfonamides is 1. The number of likely N-dealkylation sites (tertiary alicyclic amines) is 1. The number of hydrogen-bond acceptors (Lipinski definition) is 6. The number of hydrogen-bond donors (Lipinski definition) is 2. The van der Waals surface area contributed by atoms with Crippen molar-refractivity contribution in [1.29, 1.82) is 0 Å². The van der Waals surface area contributed by atoms with Gasteiger partial charge in [0.05, 0.1) is 23.4 Å². The number of amides is 1. The van der Waals surface area contributed by atoms with Crippen LogP contribution >= 0.6 is 0 Å². The Morgan fingerprint density at radius 3 is 2.67 bits per heavy atom. The molecule has 0 spiro atoms. The molecule has 9 nitrogen and oxygen atoms in total. The summed E-state index contributed by atoms with van der Waals surface area (Å²) in [5.41, 5.74) is 8.67. The Kier molecular flexibility index (Phi) is 8.15. The van der Waals surface area contributed by atoms with Crippen molar-refractivity contribution >= 4 is 32.5 Å². The minimum Gasteiger partial charge on any atom is -0.383 e. The molecule has 1 saturated heterocycles. The zero-order valence-corrected chi connectivity index (χ0v) is 23.0. The van der Waals surface area contributed by atoms with Crippen LogP contribution < -0.4 is 10.5 Å². The third-order valence-electron chi connectivity index (χ3n) is 7.38. The molecule has 1 amide bonds. The number of piperidine rings is 1. The first-order valence-corrected chi connectivity index (χ1v) is 14.6. The molecule has 0 unspecified atom stereocenters. The number of carbonyl (C=O) groups excluding carboxylic acids is 1. The van der Waals surface area contributed by atoms with Crippen LogP contribution in [-0.4, -0.2) is 55.6 Å². The van der Waals surface area contributed by atoms with Gasteiger partial charge in [-0.2, -0.15) is 0 Å². The van der Waals surface area contributed by atoms with Crippen LogP contribution in [0.3, 0.4) is 0 Å². The summed E-state index contributed by atoms with van der Waals surface area (Å²) in [6.07, 6.45) is 5.75. The maximum Gasteiger partial charge on any atom is 0.263 e. The molecule has 3 heterocycles. The molecule has 1 aliphatic heterocycles. The van der Waals surface area contributed by atoms with Crippen molar-refractivity contribution in [3.8, 4) is 0 Å². The van der Waals surface area contributed by atoms with Gasteiger partial charge in [0.15, 0.2) is 0 Å². The molecule has 0 saturated carbocycles. The van der Waals surface area contributed by atoms with Gasteiger partial charge in [-0.25, -0.2) is 12.8 Å². The maximum absolute atomic E-state index is 14.6. The number of nitrogens with two attached hydrogens (primary N) is 1. The molecule has 2 aromatic heterocycles. The topological polar surface area (TPSA) is 120 Å². The summed E-state index contributed by atoms with van der Waals surface area (Å²) in [6.45, 7) is 2.14. The number of methoxy groups -OCH3 is 1. The van der Waals surface area contributed by atoms with E-state index in [4.69, 9.17) is 10.5 Å². The molecule has 210 valence electrons. The average Bonchev–Trinajstić information content (AvgIpc) is 3.36. The number of benzene rings is 2. The molecule has 1 aliphatic rings. The molecule has 4 aromatic rings. The quantitative estimate of drug-likeness (QED) is 0.315. The second-order valence-corrected chi connectivity index (χ2v) is 11.5. The van der Waals surface area contributed by atoms with E-state index in [1.54, 1.807) is 42.5 Å². The molecule has 11 heteroatoms. The molecule has 2 aromatic carbocycles. The number of aromatic nitrogens is 2. The highest BCUT2D eigenvalue weighted by Gasteiger charge is 2.29. The maximum atomic E-state index is 14.6. The minimum atomic E-state index is -3.94. The van der Waals surface area contributed by atoms with E-state index in [2.05, 4.69) is 9.71 Å². The average molecular weight is 566 g/mol. The Hall–Kier alpha value is -3.80. The first-order chi connectivity index (χ1) is 19.3.